The summed E-state index contributed by atoms with van der Waals surface area (Å²) in [6.45, 7) is 2.57. The molecule has 1 N–H and O–H groups in total. The maximum absolute atomic E-state index is 12.2. The average molecular weight is 434 g/mol. The zero-order valence-corrected chi connectivity index (χ0v) is 18.2. The predicted molar refractivity (Wildman–Crippen MR) is 123 cm³/mol. The van der Waals surface area contributed by atoms with Gasteiger partial charge in [0.25, 0.3) is 5.91 Å². The molecular weight excluding hydrogens is 408 g/mol. The standard InChI is InChI=1S/C24H26N4O4/c1-27(2)21-7-3-18(4-8-21)15-19(16-25)24(30)32-17-23(29)26-20-5-9-22(10-6-20)28-11-13-31-14-12-28/h3-10,15H,11-14,17H2,1-2H3,(H,26,29)/b19-15+. The van der Waals surface area contributed by atoms with Crippen LogP contribution in [0.5, 0.6) is 0 Å². The smallest absolute Gasteiger partial charge is 0.349 e. The minimum Gasteiger partial charge on any atom is -0.451 e. The van der Waals surface area contributed by atoms with E-state index in [1.165, 1.54) is 6.08 Å². The molecule has 0 bridgehead atoms. The van der Waals surface area contributed by atoms with Crippen LogP contribution in [-0.4, -0.2) is 58.9 Å². The van der Waals surface area contributed by atoms with Gasteiger partial charge in [-0.3, -0.25) is 4.79 Å². The van der Waals surface area contributed by atoms with Crippen molar-refractivity contribution in [2.75, 3.05) is 62.1 Å². The highest BCUT2D eigenvalue weighted by Crippen LogP contribution is 2.19. The lowest BCUT2D eigenvalue weighted by molar-refractivity contribution is -0.142. The first-order valence-corrected chi connectivity index (χ1v) is 10.2. The number of nitriles is 1. The van der Waals surface area contributed by atoms with Crippen LogP contribution in [0.2, 0.25) is 0 Å². The molecule has 8 nitrogen and oxygen atoms in total. The van der Waals surface area contributed by atoms with Gasteiger partial charge in [-0.2, -0.15) is 5.26 Å². The second kappa shape index (κ2) is 11.0. The second-order valence-corrected chi connectivity index (χ2v) is 7.43. The van der Waals surface area contributed by atoms with Gasteiger partial charge in [0.05, 0.1) is 13.2 Å². The number of rotatable bonds is 7. The van der Waals surface area contributed by atoms with Crippen molar-refractivity contribution in [2.24, 2.45) is 0 Å². The Bertz CT molecular complexity index is 1000. The summed E-state index contributed by atoms with van der Waals surface area (Å²) in [7, 11) is 3.85. The van der Waals surface area contributed by atoms with Crippen molar-refractivity contribution in [3.8, 4) is 6.07 Å². The topological polar surface area (TPSA) is 94.9 Å². The van der Waals surface area contributed by atoms with Gasteiger partial charge in [0, 0.05) is 44.2 Å². The first kappa shape index (κ1) is 22.8. The summed E-state index contributed by atoms with van der Waals surface area (Å²) >= 11 is 0. The molecule has 0 atom stereocenters. The average Bonchev–Trinajstić information content (AvgIpc) is 2.82. The van der Waals surface area contributed by atoms with Crippen LogP contribution < -0.4 is 15.1 Å². The molecular formula is C24H26N4O4. The van der Waals surface area contributed by atoms with E-state index in [4.69, 9.17) is 9.47 Å². The summed E-state index contributed by atoms with van der Waals surface area (Å²) in [5.41, 5.74) is 3.16. The largest absolute Gasteiger partial charge is 0.451 e. The van der Waals surface area contributed by atoms with Crippen LogP contribution in [0.1, 0.15) is 5.56 Å². The van der Waals surface area contributed by atoms with Gasteiger partial charge in [-0.1, -0.05) is 12.1 Å². The van der Waals surface area contributed by atoms with Crippen LogP contribution in [0.15, 0.2) is 54.1 Å². The molecule has 1 aliphatic heterocycles. The van der Waals surface area contributed by atoms with Gasteiger partial charge < -0.3 is 24.6 Å². The predicted octanol–water partition coefficient (Wildman–Crippen LogP) is 2.68. The van der Waals surface area contributed by atoms with Crippen LogP contribution in [0, 0.1) is 11.3 Å². The van der Waals surface area contributed by atoms with E-state index in [0.717, 1.165) is 24.5 Å². The quantitative estimate of drug-likeness (QED) is 0.407. The molecule has 0 saturated carbocycles. The van der Waals surface area contributed by atoms with Gasteiger partial charge in [0.15, 0.2) is 6.61 Å². The third kappa shape index (κ3) is 6.33. The first-order chi connectivity index (χ1) is 15.5. The van der Waals surface area contributed by atoms with Crippen molar-refractivity contribution < 1.29 is 19.1 Å². The SMILES string of the molecule is CN(C)c1ccc(/C=C(\C#N)C(=O)OCC(=O)Nc2ccc(N3CCOCC3)cc2)cc1. The second-order valence-electron chi connectivity index (χ2n) is 7.43. The maximum Gasteiger partial charge on any atom is 0.349 e. The van der Waals surface area contributed by atoms with Gasteiger partial charge in [-0.05, 0) is 48.0 Å². The lowest BCUT2D eigenvalue weighted by Crippen LogP contribution is -2.36. The normalized spacial score (nSPS) is 13.8. The highest BCUT2D eigenvalue weighted by Gasteiger charge is 2.14. The van der Waals surface area contributed by atoms with E-state index in [2.05, 4.69) is 10.2 Å². The third-order valence-corrected chi connectivity index (χ3v) is 4.92. The Morgan fingerprint density at radius 3 is 2.38 bits per heavy atom. The van der Waals surface area contributed by atoms with E-state index in [9.17, 15) is 14.9 Å². The molecule has 1 heterocycles. The lowest BCUT2D eigenvalue weighted by atomic mass is 10.1. The number of esters is 1. The Morgan fingerprint density at radius 1 is 1.12 bits per heavy atom. The molecule has 2 aromatic rings. The van der Waals surface area contributed by atoms with E-state index in [-0.39, 0.29) is 5.57 Å². The first-order valence-electron chi connectivity index (χ1n) is 10.2. The molecule has 1 amide bonds. The molecule has 1 saturated heterocycles. The molecule has 0 aliphatic carbocycles. The molecule has 0 radical (unpaired) electrons. The summed E-state index contributed by atoms with van der Waals surface area (Å²) in [4.78, 5) is 28.5. The number of hydrogen-bond donors (Lipinski definition) is 1. The summed E-state index contributed by atoms with van der Waals surface area (Å²) in [5, 5.41) is 12.0. The van der Waals surface area contributed by atoms with Gasteiger partial charge in [0.1, 0.15) is 11.6 Å². The van der Waals surface area contributed by atoms with Crippen molar-refractivity contribution >= 4 is 35.0 Å². The van der Waals surface area contributed by atoms with Crippen molar-refractivity contribution in [3.63, 3.8) is 0 Å². The Hall–Kier alpha value is -3.83. The molecule has 32 heavy (non-hydrogen) atoms. The third-order valence-electron chi connectivity index (χ3n) is 4.92. The minimum absolute atomic E-state index is 0.176. The van der Waals surface area contributed by atoms with Crippen LogP contribution in [0.3, 0.4) is 0 Å². The highest BCUT2D eigenvalue weighted by atomic mass is 16.5. The van der Waals surface area contributed by atoms with Gasteiger partial charge in [-0.25, -0.2) is 4.79 Å². The monoisotopic (exact) mass is 434 g/mol. The minimum atomic E-state index is -0.845. The molecule has 2 aromatic carbocycles. The van der Waals surface area contributed by atoms with Crippen LogP contribution >= 0.6 is 0 Å². The summed E-state index contributed by atoms with van der Waals surface area (Å²) < 4.78 is 10.4. The van der Waals surface area contributed by atoms with Gasteiger partial charge in [-0.15, -0.1) is 0 Å². The number of benzene rings is 2. The molecule has 1 aliphatic rings. The molecule has 3 rings (SSSR count). The van der Waals surface area contributed by atoms with Crippen molar-refractivity contribution in [1.82, 2.24) is 0 Å². The Balaban J connectivity index is 1.51. The molecule has 0 aromatic heterocycles. The van der Waals surface area contributed by atoms with E-state index < -0.39 is 18.5 Å². The fourth-order valence-electron chi connectivity index (χ4n) is 3.16. The van der Waals surface area contributed by atoms with E-state index in [1.807, 2.05) is 49.3 Å². The molecule has 1 fully saturated rings. The zero-order chi connectivity index (χ0) is 22.9. The molecule has 0 unspecified atom stereocenters. The van der Waals surface area contributed by atoms with Crippen LogP contribution in [-0.2, 0) is 19.1 Å². The number of ether oxygens (including phenoxy) is 2. The number of hydrogen-bond acceptors (Lipinski definition) is 7. The van der Waals surface area contributed by atoms with Crippen LogP contribution in [0.4, 0.5) is 17.1 Å². The van der Waals surface area contributed by atoms with Crippen molar-refractivity contribution in [1.29, 1.82) is 5.26 Å². The molecule has 8 heteroatoms. The number of nitrogens with one attached hydrogen (secondary N) is 1. The summed E-state index contributed by atoms with van der Waals surface area (Å²) in [6, 6.07) is 16.6. The van der Waals surface area contributed by atoms with Crippen molar-refractivity contribution in [3.05, 3.63) is 59.7 Å². The zero-order valence-electron chi connectivity index (χ0n) is 18.2. The lowest BCUT2D eigenvalue weighted by Gasteiger charge is -2.28. The molecule has 0 spiro atoms. The summed E-state index contributed by atoms with van der Waals surface area (Å²) in [6.07, 6.45) is 1.43. The number of carbonyl (C=O) groups is 2. The van der Waals surface area contributed by atoms with Crippen LogP contribution in [0.25, 0.3) is 6.08 Å². The number of morpholine rings is 1. The molecule has 166 valence electrons. The van der Waals surface area contributed by atoms with Gasteiger partial charge >= 0.3 is 5.97 Å². The summed E-state index contributed by atoms with van der Waals surface area (Å²) in [5.74, 6) is -1.33. The Labute approximate surface area is 187 Å². The van der Waals surface area contributed by atoms with E-state index >= 15 is 0 Å². The fourth-order valence-corrected chi connectivity index (χ4v) is 3.16. The number of amides is 1. The van der Waals surface area contributed by atoms with Gasteiger partial charge in [0.2, 0.25) is 0 Å². The number of anilines is 3. The highest BCUT2D eigenvalue weighted by molar-refractivity contribution is 6.00. The van der Waals surface area contributed by atoms with E-state index in [1.54, 1.807) is 24.3 Å². The van der Waals surface area contributed by atoms with Crippen molar-refractivity contribution in [2.45, 2.75) is 0 Å². The Kier molecular flexibility index (Phi) is 7.84. The fraction of sp³-hybridized carbons (Fsp3) is 0.292. The van der Waals surface area contributed by atoms with E-state index in [0.29, 0.717) is 24.5 Å². The Morgan fingerprint density at radius 2 is 1.78 bits per heavy atom. The number of nitrogens with zero attached hydrogens (tertiary/aromatic N) is 3. The maximum atomic E-state index is 12.2. The number of carbonyl (C=O) groups excluding carboxylic acids is 2.